The Balaban J connectivity index is 2.16. The Hall–Kier alpha value is -1.16. The van der Waals surface area contributed by atoms with E-state index in [2.05, 4.69) is 71.4 Å². The molecular formula is C16H14BrNS. The van der Waals surface area contributed by atoms with E-state index in [0.717, 1.165) is 4.47 Å². The van der Waals surface area contributed by atoms with Crippen LogP contribution in [0.15, 0.2) is 53.0 Å². The van der Waals surface area contributed by atoms with Crippen LogP contribution in [0.5, 0.6) is 0 Å². The van der Waals surface area contributed by atoms with E-state index in [0.29, 0.717) is 0 Å². The highest BCUT2D eigenvalue weighted by atomic mass is 79.9. The number of fused-ring (bicyclic) bond motifs is 1. The fourth-order valence-electron chi connectivity index (χ4n) is 2.38. The summed E-state index contributed by atoms with van der Waals surface area (Å²) in [6.45, 7) is 2.11. The first-order chi connectivity index (χ1) is 9.16. The van der Waals surface area contributed by atoms with Gasteiger partial charge in [0, 0.05) is 14.2 Å². The molecule has 1 aromatic heterocycles. The molecule has 19 heavy (non-hydrogen) atoms. The second kappa shape index (κ2) is 5.08. The van der Waals surface area contributed by atoms with Gasteiger partial charge in [-0.05, 0) is 45.3 Å². The van der Waals surface area contributed by atoms with Gasteiger partial charge in [0.05, 0.1) is 6.04 Å². The first kappa shape index (κ1) is 12.9. The monoisotopic (exact) mass is 331 g/mol. The number of thiophene rings is 1. The number of halogens is 1. The molecule has 3 aromatic rings. The lowest BCUT2D eigenvalue weighted by Crippen LogP contribution is -2.11. The highest BCUT2D eigenvalue weighted by Crippen LogP contribution is 2.36. The largest absolute Gasteiger partial charge is 0.320 e. The Bertz CT molecular complexity index is 727. The first-order valence-electron chi connectivity index (χ1n) is 6.16. The average Bonchev–Trinajstić information content (AvgIpc) is 2.76. The van der Waals surface area contributed by atoms with Gasteiger partial charge in [-0.3, -0.25) is 0 Å². The molecule has 1 heterocycles. The minimum Gasteiger partial charge on any atom is -0.320 e. The van der Waals surface area contributed by atoms with E-state index < -0.39 is 0 Å². The van der Waals surface area contributed by atoms with Crippen molar-refractivity contribution in [2.45, 2.75) is 13.0 Å². The number of aryl methyl sites for hydroxylation is 1. The van der Waals surface area contributed by atoms with E-state index >= 15 is 0 Å². The van der Waals surface area contributed by atoms with Crippen molar-refractivity contribution in [1.82, 2.24) is 0 Å². The molecule has 0 aliphatic rings. The lowest BCUT2D eigenvalue weighted by molar-refractivity contribution is 0.899. The zero-order valence-electron chi connectivity index (χ0n) is 10.6. The van der Waals surface area contributed by atoms with E-state index in [1.807, 2.05) is 0 Å². The van der Waals surface area contributed by atoms with Crippen molar-refractivity contribution < 1.29 is 0 Å². The fourth-order valence-corrected chi connectivity index (χ4v) is 4.29. The van der Waals surface area contributed by atoms with Crippen LogP contribution < -0.4 is 5.73 Å². The van der Waals surface area contributed by atoms with Gasteiger partial charge >= 0.3 is 0 Å². The van der Waals surface area contributed by atoms with Crippen LogP contribution in [0.3, 0.4) is 0 Å². The van der Waals surface area contributed by atoms with Crippen LogP contribution in [0.1, 0.15) is 21.4 Å². The molecule has 0 saturated heterocycles. The van der Waals surface area contributed by atoms with Crippen molar-refractivity contribution in [3.05, 3.63) is 68.3 Å². The van der Waals surface area contributed by atoms with Crippen LogP contribution in [-0.4, -0.2) is 0 Å². The summed E-state index contributed by atoms with van der Waals surface area (Å²) < 4.78 is 1.11. The summed E-state index contributed by atoms with van der Waals surface area (Å²) in [7, 11) is 0. The lowest BCUT2D eigenvalue weighted by atomic mass is 9.98. The molecule has 1 unspecified atom stereocenters. The normalized spacial score (nSPS) is 12.8. The first-order valence-corrected chi connectivity index (χ1v) is 7.77. The molecule has 0 aliphatic heterocycles. The molecular weight excluding hydrogens is 318 g/mol. The predicted octanol–water partition coefficient (Wildman–Crippen LogP) is 5.02. The van der Waals surface area contributed by atoms with Crippen LogP contribution in [0, 0.1) is 6.92 Å². The second-order valence-corrected chi connectivity index (χ2v) is 6.76. The number of benzene rings is 2. The molecule has 0 saturated carbocycles. The maximum Gasteiger partial charge on any atom is 0.0663 e. The van der Waals surface area contributed by atoms with Gasteiger partial charge in [0.15, 0.2) is 0 Å². The van der Waals surface area contributed by atoms with Crippen LogP contribution >= 0.6 is 27.3 Å². The Morgan fingerprint density at radius 2 is 1.84 bits per heavy atom. The number of hydrogen-bond acceptors (Lipinski definition) is 2. The maximum absolute atomic E-state index is 6.48. The van der Waals surface area contributed by atoms with Gasteiger partial charge in [-0.25, -0.2) is 0 Å². The summed E-state index contributed by atoms with van der Waals surface area (Å²) in [5, 5.41) is 2.47. The summed E-state index contributed by atoms with van der Waals surface area (Å²) >= 11 is 5.36. The minimum atomic E-state index is -0.0841. The Labute approximate surface area is 125 Å². The Morgan fingerprint density at radius 3 is 2.58 bits per heavy atom. The predicted molar refractivity (Wildman–Crippen MR) is 86.7 cm³/mol. The van der Waals surface area contributed by atoms with Gasteiger partial charge in [-0.1, -0.05) is 42.5 Å². The third-order valence-electron chi connectivity index (χ3n) is 3.28. The molecule has 1 nitrogen and oxygen atoms in total. The van der Waals surface area contributed by atoms with Crippen molar-refractivity contribution in [3.63, 3.8) is 0 Å². The van der Waals surface area contributed by atoms with E-state index in [4.69, 9.17) is 5.73 Å². The molecule has 0 spiro atoms. The molecule has 0 radical (unpaired) electrons. The second-order valence-electron chi connectivity index (χ2n) is 4.62. The topological polar surface area (TPSA) is 26.0 Å². The van der Waals surface area contributed by atoms with Crippen molar-refractivity contribution in [1.29, 1.82) is 0 Å². The van der Waals surface area contributed by atoms with Gasteiger partial charge in [0.2, 0.25) is 0 Å². The maximum atomic E-state index is 6.48. The smallest absolute Gasteiger partial charge is 0.0663 e. The lowest BCUT2D eigenvalue weighted by Gasteiger charge is -2.14. The minimum absolute atomic E-state index is 0.0841. The summed E-state index contributed by atoms with van der Waals surface area (Å²) in [5.74, 6) is 0. The van der Waals surface area contributed by atoms with E-state index in [9.17, 15) is 0 Å². The van der Waals surface area contributed by atoms with Crippen LogP contribution in [0.2, 0.25) is 0 Å². The quantitative estimate of drug-likeness (QED) is 0.700. The molecule has 0 fully saturated rings. The molecule has 3 rings (SSSR count). The van der Waals surface area contributed by atoms with E-state index in [-0.39, 0.29) is 6.04 Å². The van der Waals surface area contributed by atoms with Crippen molar-refractivity contribution >= 4 is 38.0 Å². The van der Waals surface area contributed by atoms with Gasteiger partial charge < -0.3 is 5.73 Å². The highest BCUT2D eigenvalue weighted by Gasteiger charge is 2.16. The van der Waals surface area contributed by atoms with Crippen LogP contribution in [0.4, 0.5) is 0 Å². The molecule has 0 aliphatic carbocycles. The summed E-state index contributed by atoms with van der Waals surface area (Å²) in [6, 6.07) is 16.8. The number of hydrogen-bond donors (Lipinski definition) is 1. The summed E-state index contributed by atoms with van der Waals surface area (Å²) in [6.07, 6.45) is 0. The summed E-state index contributed by atoms with van der Waals surface area (Å²) in [4.78, 5) is 2.46. The van der Waals surface area contributed by atoms with Crippen LogP contribution in [0.25, 0.3) is 10.8 Å². The highest BCUT2D eigenvalue weighted by molar-refractivity contribution is 9.10. The Kier molecular flexibility index (Phi) is 3.44. The van der Waals surface area contributed by atoms with Gasteiger partial charge in [0.25, 0.3) is 0 Å². The average molecular weight is 332 g/mol. The van der Waals surface area contributed by atoms with Gasteiger partial charge in [-0.2, -0.15) is 0 Å². The van der Waals surface area contributed by atoms with Crippen molar-refractivity contribution in [2.24, 2.45) is 5.73 Å². The molecule has 2 N–H and O–H groups in total. The van der Waals surface area contributed by atoms with Crippen LogP contribution in [-0.2, 0) is 0 Å². The molecule has 1 atom stereocenters. The molecule has 3 heteroatoms. The molecule has 96 valence electrons. The van der Waals surface area contributed by atoms with Crippen molar-refractivity contribution in [3.8, 4) is 0 Å². The van der Waals surface area contributed by atoms with Gasteiger partial charge in [0.1, 0.15) is 0 Å². The molecule has 2 aromatic carbocycles. The van der Waals surface area contributed by atoms with E-state index in [1.54, 1.807) is 11.3 Å². The molecule has 0 bridgehead atoms. The SMILES string of the molecule is Cc1cc(Br)c(C(N)c2cccc3ccccc23)s1. The Morgan fingerprint density at radius 1 is 1.11 bits per heavy atom. The zero-order chi connectivity index (χ0) is 13.4. The third-order valence-corrected chi connectivity index (χ3v) is 5.33. The molecule has 0 amide bonds. The third kappa shape index (κ3) is 2.34. The standard InChI is InChI=1S/C16H14BrNS/c1-10-9-14(17)16(19-10)15(18)13-8-4-6-11-5-2-3-7-12(11)13/h2-9,15H,18H2,1H3. The summed E-state index contributed by atoms with van der Waals surface area (Å²) in [5.41, 5.74) is 7.66. The van der Waals surface area contributed by atoms with E-state index in [1.165, 1.54) is 26.1 Å². The number of rotatable bonds is 2. The number of nitrogens with two attached hydrogens (primary N) is 1. The van der Waals surface area contributed by atoms with Crippen molar-refractivity contribution in [2.75, 3.05) is 0 Å². The zero-order valence-corrected chi connectivity index (χ0v) is 13.0. The fraction of sp³-hybridized carbons (Fsp3) is 0.125. The van der Waals surface area contributed by atoms with Gasteiger partial charge in [-0.15, -0.1) is 11.3 Å².